The largest absolute Gasteiger partial charge is 0.299 e. The predicted octanol–water partition coefficient (Wildman–Crippen LogP) is 3.66. The van der Waals surface area contributed by atoms with E-state index < -0.39 is 0 Å². The van der Waals surface area contributed by atoms with E-state index in [1.165, 1.54) is 30.4 Å². The maximum absolute atomic E-state index is 10.2. The van der Waals surface area contributed by atoms with Crippen LogP contribution in [0.2, 0.25) is 0 Å². The lowest BCUT2D eigenvalue weighted by Gasteiger charge is -2.34. The number of aldehydes is 1. The Balaban J connectivity index is 2.79. The van der Waals surface area contributed by atoms with Crippen molar-refractivity contribution in [3.05, 3.63) is 23.3 Å². The average molecular weight is 192 g/mol. The first-order valence-electron chi connectivity index (χ1n) is 5.37. The van der Waals surface area contributed by atoms with Gasteiger partial charge in [0.1, 0.15) is 6.29 Å². The van der Waals surface area contributed by atoms with E-state index in [2.05, 4.69) is 20.8 Å². The number of rotatable bonds is 3. The minimum atomic E-state index is 0.329. The van der Waals surface area contributed by atoms with Crippen LogP contribution in [0.25, 0.3) is 0 Å². The Bertz CT molecular complexity index is 269. The van der Waals surface area contributed by atoms with Gasteiger partial charge in [0.2, 0.25) is 0 Å². The van der Waals surface area contributed by atoms with Crippen LogP contribution >= 0.6 is 0 Å². The van der Waals surface area contributed by atoms with Crippen LogP contribution in [0.15, 0.2) is 23.3 Å². The maximum Gasteiger partial charge on any atom is 0.142 e. The molecule has 0 fully saturated rings. The molecule has 14 heavy (non-hydrogen) atoms. The van der Waals surface area contributed by atoms with E-state index in [-0.39, 0.29) is 0 Å². The highest BCUT2D eigenvalue weighted by molar-refractivity contribution is 5.64. The van der Waals surface area contributed by atoms with Gasteiger partial charge >= 0.3 is 0 Å². The monoisotopic (exact) mass is 192 g/mol. The van der Waals surface area contributed by atoms with E-state index in [9.17, 15) is 4.79 Å². The molecule has 0 aromatic rings. The number of carbonyl (C=O) groups excluding carboxylic acids is 1. The number of carbonyl (C=O) groups is 1. The van der Waals surface area contributed by atoms with Crippen LogP contribution in [0, 0.1) is 5.41 Å². The summed E-state index contributed by atoms with van der Waals surface area (Å²) in [6.07, 6.45) is 9.18. The lowest BCUT2D eigenvalue weighted by molar-refractivity contribution is -0.104. The van der Waals surface area contributed by atoms with Gasteiger partial charge in [0.05, 0.1) is 0 Å². The zero-order chi connectivity index (χ0) is 10.6. The molecule has 1 rings (SSSR count). The van der Waals surface area contributed by atoms with E-state index >= 15 is 0 Å². The summed E-state index contributed by atoms with van der Waals surface area (Å²) in [5.74, 6) is 0. The van der Waals surface area contributed by atoms with Crippen LogP contribution in [0.1, 0.15) is 46.5 Å². The number of hydrogen-bond donors (Lipinski definition) is 0. The fourth-order valence-corrected chi connectivity index (χ4v) is 2.37. The topological polar surface area (TPSA) is 17.1 Å². The molecule has 1 heteroatoms. The molecule has 0 atom stereocenters. The first-order chi connectivity index (χ1) is 6.58. The van der Waals surface area contributed by atoms with Crippen molar-refractivity contribution in [2.75, 3.05) is 0 Å². The van der Waals surface area contributed by atoms with E-state index in [1.54, 1.807) is 6.08 Å². The van der Waals surface area contributed by atoms with Crippen molar-refractivity contribution >= 4 is 6.29 Å². The zero-order valence-corrected chi connectivity index (χ0v) is 9.47. The smallest absolute Gasteiger partial charge is 0.142 e. The number of hydrogen-bond acceptors (Lipinski definition) is 1. The molecule has 0 saturated heterocycles. The first kappa shape index (κ1) is 11.2. The van der Waals surface area contributed by atoms with Crippen LogP contribution in [0.4, 0.5) is 0 Å². The summed E-state index contributed by atoms with van der Waals surface area (Å²) in [4.78, 5) is 10.2. The third-order valence-electron chi connectivity index (χ3n) is 3.22. The molecule has 0 unspecified atom stereocenters. The van der Waals surface area contributed by atoms with Crippen molar-refractivity contribution in [1.82, 2.24) is 0 Å². The van der Waals surface area contributed by atoms with Crippen LogP contribution in [0.3, 0.4) is 0 Å². The minimum Gasteiger partial charge on any atom is -0.299 e. The molecule has 0 N–H and O–H groups in total. The summed E-state index contributed by atoms with van der Waals surface area (Å²) in [6.45, 7) is 6.84. The van der Waals surface area contributed by atoms with Gasteiger partial charge in [-0.3, -0.25) is 4.79 Å². The molecule has 78 valence electrons. The highest BCUT2D eigenvalue weighted by Crippen LogP contribution is 2.41. The zero-order valence-electron chi connectivity index (χ0n) is 9.47. The van der Waals surface area contributed by atoms with E-state index in [0.717, 1.165) is 12.7 Å². The summed E-state index contributed by atoms with van der Waals surface area (Å²) >= 11 is 0. The molecule has 0 aliphatic heterocycles. The Hall–Kier alpha value is -0.850. The van der Waals surface area contributed by atoms with E-state index in [1.807, 2.05) is 6.08 Å². The van der Waals surface area contributed by atoms with Gasteiger partial charge in [-0.1, -0.05) is 31.1 Å². The molecule has 0 spiro atoms. The van der Waals surface area contributed by atoms with Gasteiger partial charge < -0.3 is 0 Å². The molecular formula is C13H20O. The van der Waals surface area contributed by atoms with Gasteiger partial charge in [-0.2, -0.15) is 0 Å². The molecule has 0 radical (unpaired) electrons. The standard InChI is InChI=1S/C13H20O/c1-11-7-6-9-13(2,3)12(11)8-4-5-10-14/h4-5,10H,6-9H2,1-3H3/b5-4-. The van der Waals surface area contributed by atoms with Gasteiger partial charge in [0, 0.05) is 0 Å². The molecule has 0 aromatic carbocycles. The molecule has 0 bridgehead atoms. The van der Waals surface area contributed by atoms with Gasteiger partial charge in [-0.15, -0.1) is 0 Å². The van der Waals surface area contributed by atoms with Gasteiger partial charge in [-0.05, 0) is 44.1 Å². The summed E-state index contributed by atoms with van der Waals surface area (Å²) < 4.78 is 0. The van der Waals surface area contributed by atoms with Gasteiger partial charge in [0.25, 0.3) is 0 Å². The maximum atomic E-state index is 10.2. The van der Waals surface area contributed by atoms with E-state index in [0.29, 0.717) is 5.41 Å². The van der Waals surface area contributed by atoms with Crippen LogP contribution < -0.4 is 0 Å². The summed E-state index contributed by atoms with van der Waals surface area (Å²) in [6, 6.07) is 0. The lowest BCUT2D eigenvalue weighted by Crippen LogP contribution is -2.19. The third-order valence-corrected chi connectivity index (χ3v) is 3.22. The van der Waals surface area contributed by atoms with Crippen LogP contribution in [-0.4, -0.2) is 6.29 Å². The fourth-order valence-electron chi connectivity index (χ4n) is 2.37. The Kier molecular flexibility index (Phi) is 3.68. The second-order valence-electron chi connectivity index (χ2n) is 4.76. The van der Waals surface area contributed by atoms with Crippen molar-refractivity contribution in [2.45, 2.75) is 46.5 Å². The predicted molar refractivity (Wildman–Crippen MR) is 60.2 cm³/mol. The van der Waals surface area contributed by atoms with Crippen LogP contribution in [-0.2, 0) is 4.79 Å². The fraction of sp³-hybridized carbons (Fsp3) is 0.615. The third kappa shape index (κ3) is 2.57. The average Bonchev–Trinajstić information content (AvgIpc) is 2.09. The Morgan fingerprint density at radius 3 is 2.71 bits per heavy atom. The highest BCUT2D eigenvalue weighted by atomic mass is 16.1. The second kappa shape index (κ2) is 4.59. The molecule has 0 aromatic heterocycles. The molecule has 1 nitrogen and oxygen atoms in total. The molecule has 0 heterocycles. The molecule has 1 aliphatic carbocycles. The normalized spacial score (nSPS) is 21.6. The molecular weight excluding hydrogens is 172 g/mol. The summed E-state index contributed by atoms with van der Waals surface area (Å²) in [5, 5.41) is 0. The van der Waals surface area contributed by atoms with Crippen molar-refractivity contribution in [2.24, 2.45) is 5.41 Å². The van der Waals surface area contributed by atoms with Gasteiger partial charge in [0.15, 0.2) is 0 Å². The quantitative estimate of drug-likeness (QED) is 0.379. The Morgan fingerprint density at radius 2 is 2.14 bits per heavy atom. The molecule has 0 saturated carbocycles. The van der Waals surface area contributed by atoms with E-state index in [4.69, 9.17) is 0 Å². The SMILES string of the molecule is CC1=C(C/C=C\C=O)C(C)(C)CCC1. The molecule has 1 aliphatic rings. The number of allylic oxidation sites excluding steroid dienone is 4. The minimum absolute atomic E-state index is 0.329. The van der Waals surface area contributed by atoms with Crippen molar-refractivity contribution in [3.63, 3.8) is 0 Å². The summed E-state index contributed by atoms with van der Waals surface area (Å²) in [7, 11) is 0. The van der Waals surface area contributed by atoms with Crippen molar-refractivity contribution < 1.29 is 4.79 Å². The van der Waals surface area contributed by atoms with Gasteiger partial charge in [-0.25, -0.2) is 0 Å². The summed E-state index contributed by atoms with van der Waals surface area (Å²) in [5.41, 5.74) is 3.38. The Morgan fingerprint density at radius 1 is 1.43 bits per heavy atom. The first-order valence-corrected chi connectivity index (χ1v) is 5.37. The molecule has 0 amide bonds. The lowest BCUT2D eigenvalue weighted by atomic mass is 9.71. The Labute approximate surface area is 86.9 Å². The second-order valence-corrected chi connectivity index (χ2v) is 4.76. The van der Waals surface area contributed by atoms with Crippen molar-refractivity contribution in [1.29, 1.82) is 0 Å². The van der Waals surface area contributed by atoms with Crippen LogP contribution in [0.5, 0.6) is 0 Å². The highest BCUT2D eigenvalue weighted by Gasteiger charge is 2.26. The van der Waals surface area contributed by atoms with Crippen molar-refractivity contribution in [3.8, 4) is 0 Å².